The highest BCUT2D eigenvalue weighted by Crippen LogP contribution is 2.39. The number of hydrogen-bond donors (Lipinski definition) is 8. The van der Waals surface area contributed by atoms with Gasteiger partial charge in [-0.05, 0) is 22.5 Å². The van der Waals surface area contributed by atoms with Gasteiger partial charge in [0.2, 0.25) is 0 Å². The van der Waals surface area contributed by atoms with Crippen molar-refractivity contribution >= 4 is 25.8 Å². The van der Waals surface area contributed by atoms with Gasteiger partial charge < -0.3 is 43.7 Å². The molecule has 12 heteroatoms. The molecule has 0 spiro atoms. The molecule has 0 heterocycles. The fraction of sp³-hybridized carbons (Fsp3) is 0.571. The van der Waals surface area contributed by atoms with Crippen LogP contribution in [0.25, 0.3) is 0 Å². The van der Waals surface area contributed by atoms with E-state index in [1.165, 1.54) is 5.56 Å². The van der Waals surface area contributed by atoms with Crippen molar-refractivity contribution in [2.75, 3.05) is 0 Å². The highest BCUT2D eigenvalue weighted by molar-refractivity contribution is 7.39. The summed E-state index contributed by atoms with van der Waals surface area (Å²) in [6.07, 6.45) is 0. The Morgan fingerprint density at radius 1 is 0.692 bits per heavy atom. The predicted molar refractivity (Wildman–Crippen MR) is 103 cm³/mol. The Labute approximate surface area is 157 Å². The minimum Gasteiger partial charge on any atom is -0.427 e. The second kappa shape index (κ2) is 12.4. The molecule has 0 saturated heterocycles. The molecule has 0 amide bonds. The Morgan fingerprint density at radius 2 is 1.08 bits per heavy atom. The molecule has 1 rings (SSSR count). The Morgan fingerprint density at radius 3 is 1.35 bits per heavy atom. The molecular formula is C14H29O9P3. The van der Waals surface area contributed by atoms with E-state index in [2.05, 4.69) is 47.6 Å². The largest absolute Gasteiger partial charge is 0.427 e. The summed E-state index contributed by atoms with van der Waals surface area (Å²) in [5.41, 5.74) is 2.15. The molecule has 0 saturated carbocycles. The number of benzene rings is 1. The van der Waals surface area contributed by atoms with Crippen molar-refractivity contribution in [1.82, 2.24) is 0 Å². The standard InChI is InChI=1S/C14H23O3P.2H3O3P/c1-13(2,3)10-7-8-12(17-18(15)16)11(9-10)14(4,5)6;2*1-4(2)3/h7-9,15-16H,1-6H3;2*1-3H. The average molecular weight is 434 g/mol. The first-order chi connectivity index (χ1) is 11.5. The van der Waals surface area contributed by atoms with Crippen LogP contribution < -0.4 is 4.52 Å². The fourth-order valence-electron chi connectivity index (χ4n) is 1.75. The quantitative estimate of drug-likeness (QED) is 0.325. The predicted octanol–water partition coefficient (Wildman–Crippen LogP) is 2.25. The molecule has 9 nitrogen and oxygen atoms in total. The van der Waals surface area contributed by atoms with Crippen LogP contribution in [0.4, 0.5) is 0 Å². The van der Waals surface area contributed by atoms with Crippen molar-refractivity contribution in [2.24, 2.45) is 0 Å². The lowest BCUT2D eigenvalue weighted by atomic mass is 9.80. The molecule has 0 aromatic heterocycles. The van der Waals surface area contributed by atoms with Crippen LogP contribution in [0.5, 0.6) is 5.75 Å². The van der Waals surface area contributed by atoms with Crippen LogP contribution in [-0.4, -0.2) is 39.1 Å². The first kappa shape index (κ1) is 28.2. The van der Waals surface area contributed by atoms with E-state index in [0.717, 1.165) is 5.56 Å². The zero-order chi connectivity index (χ0) is 21.3. The van der Waals surface area contributed by atoms with Crippen LogP contribution in [0.3, 0.4) is 0 Å². The van der Waals surface area contributed by atoms with Gasteiger partial charge >= 0.3 is 25.8 Å². The molecule has 154 valence electrons. The minimum atomic E-state index is -2.62. The van der Waals surface area contributed by atoms with Gasteiger partial charge in [0, 0.05) is 5.56 Å². The molecule has 0 atom stereocenters. The smallest absolute Gasteiger partial charge is 0.391 e. The molecule has 0 unspecified atom stereocenters. The van der Waals surface area contributed by atoms with Gasteiger partial charge in [-0.3, -0.25) is 0 Å². The average Bonchev–Trinajstić information content (AvgIpc) is 2.34. The highest BCUT2D eigenvalue weighted by atomic mass is 31.2. The van der Waals surface area contributed by atoms with E-state index in [4.69, 9.17) is 43.7 Å². The fourth-order valence-corrected chi connectivity index (χ4v) is 2.09. The number of hydrogen-bond acceptors (Lipinski definition) is 9. The maximum absolute atomic E-state index is 9.02. The summed E-state index contributed by atoms with van der Waals surface area (Å²) in [5.74, 6) is 0.548. The third kappa shape index (κ3) is 15.1. The van der Waals surface area contributed by atoms with Crippen LogP contribution in [0.15, 0.2) is 18.2 Å². The van der Waals surface area contributed by atoms with Crippen LogP contribution >= 0.6 is 25.8 Å². The van der Waals surface area contributed by atoms with E-state index in [9.17, 15) is 0 Å². The lowest BCUT2D eigenvalue weighted by Crippen LogP contribution is -2.17. The highest BCUT2D eigenvalue weighted by Gasteiger charge is 2.24. The zero-order valence-electron chi connectivity index (χ0n) is 15.6. The van der Waals surface area contributed by atoms with Crippen LogP contribution in [0, 0.1) is 0 Å². The molecule has 0 radical (unpaired) electrons. The van der Waals surface area contributed by atoms with Gasteiger partial charge in [0.05, 0.1) is 0 Å². The minimum absolute atomic E-state index is 0.0572. The van der Waals surface area contributed by atoms with Crippen molar-refractivity contribution < 1.29 is 43.7 Å². The van der Waals surface area contributed by atoms with Crippen LogP contribution in [0.1, 0.15) is 52.7 Å². The molecule has 26 heavy (non-hydrogen) atoms. The molecule has 0 fully saturated rings. The summed E-state index contributed by atoms with van der Waals surface area (Å²) < 4.78 is 5.12. The second-order valence-electron chi connectivity index (χ2n) is 7.09. The first-order valence-electron chi connectivity index (χ1n) is 7.22. The summed E-state index contributed by atoms with van der Waals surface area (Å²) in [5, 5.41) is 0. The molecule has 8 N–H and O–H groups in total. The third-order valence-corrected chi connectivity index (χ3v) is 3.19. The third-order valence-electron chi connectivity index (χ3n) is 2.83. The van der Waals surface area contributed by atoms with Gasteiger partial charge in [0.15, 0.2) is 0 Å². The van der Waals surface area contributed by atoms with Crippen molar-refractivity contribution in [3.05, 3.63) is 29.3 Å². The summed E-state index contributed by atoms with van der Waals surface area (Å²) in [6, 6.07) is 5.89. The lowest BCUT2D eigenvalue weighted by molar-refractivity contribution is 0.366. The van der Waals surface area contributed by atoms with Crippen molar-refractivity contribution in [1.29, 1.82) is 0 Å². The lowest BCUT2D eigenvalue weighted by Gasteiger charge is -2.27. The summed E-state index contributed by atoms with van der Waals surface area (Å²) in [6.45, 7) is 12.7. The van der Waals surface area contributed by atoms with Gasteiger partial charge in [-0.15, -0.1) is 0 Å². The molecule has 1 aromatic rings. The van der Waals surface area contributed by atoms with Crippen LogP contribution in [0.2, 0.25) is 0 Å². The maximum atomic E-state index is 9.02. The van der Waals surface area contributed by atoms with E-state index < -0.39 is 25.8 Å². The normalized spacial score (nSPS) is 11.7. The van der Waals surface area contributed by atoms with Crippen molar-refractivity contribution in [3.63, 3.8) is 0 Å². The van der Waals surface area contributed by atoms with Crippen molar-refractivity contribution in [2.45, 2.75) is 52.4 Å². The molecular weight excluding hydrogens is 405 g/mol. The van der Waals surface area contributed by atoms with E-state index in [-0.39, 0.29) is 10.8 Å². The van der Waals surface area contributed by atoms with Gasteiger partial charge in [-0.2, -0.15) is 0 Å². The number of rotatable bonds is 2. The van der Waals surface area contributed by atoms with E-state index >= 15 is 0 Å². The Balaban J connectivity index is 0. The summed E-state index contributed by atoms with van der Waals surface area (Å²) in [7, 11) is -7.62. The second-order valence-corrected chi connectivity index (χ2v) is 8.85. The Hall–Kier alpha value is -0.01000. The zero-order valence-corrected chi connectivity index (χ0v) is 18.2. The molecule has 1 aromatic carbocycles. The Bertz CT molecular complexity index is 500. The first-order valence-corrected chi connectivity index (χ1v) is 10.8. The molecule has 0 aliphatic rings. The summed E-state index contributed by atoms with van der Waals surface area (Å²) >= 11 is 0. The van der Waals surface area contributed by atoms with E-state index in [0.29, 0.717) is 5.75 Å². The molecule has 0 aliphatic carbocycles. The van der Waals surface area contributed by atoms with Crippen molar-refractivity contribution in [3.8, 4) is 5.75 Å². The Kier molecular flexibility index (Phi) is 13.5. The van der Waals surface area contributed by atoms with E-state index in [1.807, 2.05) is 12.1 Å². The summed E-state index contributed by atoms with van der Waals surface area (Å²) in [4.78, 5) is 61.4. The SMILES string of the molecule is CC(C)(C)c1ccc(OP(O)O)c(C(C)(C)C)c1.OP(O)O.OP(O)O. The molecule has 0 aliphatic heterocycles. The van der Waals surface area contributed by atoms with Gasteiger partial charge in [0.1, 0.15) is 5.75 Å². The van der Waals surface area contributed by atoms with Gasteiger partial charge in [-0.1, -0.05) is 53.7 Å². The van der Waals surface area contributed by atoms with Gasteiger partial charge in [0.25, 0.3) is 0 Å². The maximum Gasteiger partial charge on any atom is 0.391 e. The molecule has 0 bridgehead atoms. The van der Waals surface area contributed by atoms with Crippen LogP contribution in [-0.2, 0) is 10.8 Å². The van der Waals surface area contributed by atoms with Gasteiger partial charge in [-0.25, -0.2) is 0 Å². The topological polar surface area (TPSA) is 171 Å². The monoisotopic (exact) mass is 434 g/mol. The van der Waals surface area contributed by atoms with E-state index in [1.54, 1.807) is 0 Å².